The molecule has 0 amide bonds. The number of methoxy groups -OCH3 is 1. The van der Waals surface area contributed by atoms with E-state index >= 15 is 0 Å². The zero-order valence-electron chi connectivity index (χ0n) is 12.3. The number of rotatable bonds is 9. The maximum atomic E-state index is 5.62. The Bertz CT molecular complexity index is 339. The minimum atomic E-state index is 0.271. The first kappa shape index (κ1) is 15.8. The second-order valence-electron chi connectivity index (χ2n) is 4.75. The number of hydrogen-bond acceptors (Lipinski definition) is 4. The van der Waals surface area contributed by atoms with Gasteiger partial charge in [0.15, 0.2) is 0 Å². The van der Waals surface area contributed by atoms with Crippen LogP contribution in [0.2, 0.25) is 0 Å². The predicted molar refractivity (Wildman–Crippen MR) is 80.0 cm³/mol. The number of anilines is 1. The van der Waals surface area contributed by atoms with E-state index in [9.17, 15) is 0 Å². The molecule has 1 rings (SSSR count). The van der Waals surface area contributed by atoms with Gasteiger partial charge in [-0.1, -0.05) is 0 Å². The number of nitrogens with zero attached hydrogens (tertiary/aromatic N) is 1. The van der Waals surface area contributed by atoms with E-state index in [1.807, 2.05) is 12.1 Å². The lowest BCUT2D eigenvalue weighted by Gasteiger charge is -2.25. The molecule has 1 aromatic carbocycles. The summed E-state index contributed by atoms with van der Waals surface area (Å²) in [7, 11) is 1.68. The van der Waals surface area contributed by atoms with E-state index in [-0.39, 0.29) is 6.10 Å². The first-order chi connectivity index (χ1) is 9.17. The second-order valence-corrected chi connectivity index (χ2v) is 4.75. The highest BCUT2D eigenvalue weighted by molar-refractivity contribution is 5.49. The summed E-state index contributed by atoms with van der Waals surface area (Å²) in [5.41, 5.74) is 6.78. The second kappa shape index (κ2) is 8.77. The van der Waals surface area contributed by atoms with Crippen molar-refractivity contribution < 1.29 is 9.47 Å². The molecule has 4 nitrogen and oxygen atoms in total. The summed E-state index contributed by atoms with van der Waals surface area (Å²) in [6.45, 7) is 7.37. The Kier molecular flexibility index (Phi) is 7.30. The van der Waals surface area contributed by atoms with Gasteiger partial charge in [0.1, 0.15) is 5.75 Å². The van der Waals surface area contributed by atoms with Gasteiger partial charge in [0.05, 0.1) is 19.8 Å². The van der Waals surface area contributed by atoms with Gasteiger partial charge in [-0.3, -0.25) is 0 Å². The normalized spacial score (nSPS) is 10.8. The van der Waals surface area contributed by atoms with Gasteiger partial charge in [0.25, 0.3) is 0 Å². The van der Waals surface area contributed by atoms with Gasteiger partial charge >= 0.3 is 0 Å². The lowest BCUT2D eigenvalue weighted by molar-refractivity contribution is 0.0840. The SMILES string of the molecule is COc1ccc(N(CCCN)CCOC(C)C)cc1. The molecular weight excluding hydrogens is 240 g/mol. The average Bonchev–Trinajstić information content (AvgIpc) is 2.42. The van der Waals surface area contributed by atoms with Crippen LogP contribution in [0.15, 0.2) is 24.3 Å². The van der Waals surface area contributed by atoms with E-state index in [1.165, 1.54) is 5.69 Å². The molecule has 1 aromatic rings. The molecule has 108 valence electrons. The van der Waals surface area contributed by atoms with E-state index in [4.69, 9.17) is 15.2 Å². The highest BCUT2D eigenvalue weighted by Gasteiger charge is 2.06. The molecule has 0 atom stereocenters. The Balaban J connectivity index is 2.60. The summed E-state index contributed by atoms with van der Waals surface area (Å²) in [6, 6.07) is 8.11. The van der Waals surface area contributed by atoms with Crippen LogP contribution in [0, 0.1) is 0 Å². The zero-order chi connectivity index (χ0) is 14.1. The Labute approximate surface area is 116 Å². The van der Waals surface area contributed by atoms with E-state index in [1.54, 1.807) is 7.11 Å². The molecule has 2 N–H and O–H groups in total. The monoisotopic (exact) mass is 266 g/mol. The maximum Gasteiger partial charge on any atom is 0.119 e. The van der Waals surface area contributed by atoms with Crippen molar-refractivity contribution in [2.24, 2.45) is 5.73 Å². The van der Waals surface area contributed by atoms with Crippen molar-refractivity contribution >= 4 is 5.69 Å². The molecule has 0 heterocycles. The minimum absolute atomic E-state index is 0.271. The van der Waals surface area contributed by atoms with Gasteiger partial charge in [0, 0.05) is 18.8 Å². The first-order valence-corrected chi connectivity index (χ1v) is 6.88. The summed E-state index contributed by atoms with van der Waals surface area (Å²) in [4.78, 5) is 2.30. The average molecular weight is 266 g/mol. The van der Waals surface area contributed by atoms with Crippen LogP contribution in [-0.4, -0.2) is 39.5 Å². The zero-order valence-corrected chi connectivity index (χ0v) is 12.3. The van der Waals surface area contributed by atoms with Gasteiger partial charge in [-0.2, -0.15) is 0 Å². The van der Waals surface area contributed by atoms with Gasteiger partial charge < -0.3 is 20.1 Å². The number of hydrogen-bond donors (Lipinski definition) is 1. The Hall–Kier alpha value is -1.26. The number of nitrogens with two attached hydrogens (primary N) is 1. The van der Waals surface area contributed by atoms with Crippen LogP contribution in [0.5, 0.6) is 5.75 Å². The molecule has 19 heavy (non-hydrogen) atoms. The Morgan fingerprint density at radius 1 is 1.16 bits per heavy atom. The van der Waals surface area contributed by atoms with Crippen molar-refractivity contribution in [1.29, 1.82) is 0 Å². The highest BCUT2D eigenvalue weighted by Crippen LogP contribution is 2.19. The Morgan fingerprint density at radius 2 is 1.84 bits per heavy atom. The first-order valence-electron chi connectivity index (χ1n) is 6.88. The van der Waals surface area contributed by atoms with Crippen molar-refractivity contribution in [3.63, 3.8) is 0 Å². The molecule has 0 unspecified atom stereocenters. The minimum Gasteiger partial charge on any atom is -0.497 e. The maximum absolute atomic E-state index is 5.62. The summed E-state index contributed by atoms with van der Waals surface area (Å²) >= 11 is 0. The van der Waals surface area contributed by atoms with E-state index in [2.05, 4.69) is 30.9 Å². The van der Waals surface area contributed by atoms with Crippen molar-refractivity contribution in [2.75, 3.05) is 38.3 Å². The van der Waals surface area contributed by atoms with Crippen LogP contribution >= 0.6 is 0 Å². The number of ether oxygens (including phenoxy) is 2. The quantitative estimate of drug-likeness (QED) is 0.745. The summed E-state index contributed by atoms with van der Waals surface area (Å²) < 4.78 is 10.8. The topological polar surface area (TPSA) is 47.7 Å². The van der Waals surface area contributed by atoms with Crippen molar-refractivity contribution in [3.05, 3.63) is 24.3 Å². The van der Waals surface area contributed by atoms with E-state index in [0.29, 0.717) is 6.54 Å². The van der Waals surface area contributed by atoms with Gasteiger partial charge in [-0.05, 0) is 51.1 Å². The van der Waals surface area contributed by atoms with Crippen LogP contribution in [0.1, 0.15) is 20.3 Å². The fourth-order valence-electron chi connectivity index (χ4n) is 1.84. The van der Waals surface area contributed by atoms with Crippen molar-refractivity contribution in [1.82, 2.24) is 0 Å². The fraction of sp³-hybridized carbons (Fsp3) is 0.600. The largest absolute Gasteiger partial charge is 0.497 e. The third-order valence-electron chi connectivity index (χ3n) is 2.88. The molecule has 0 aliphatic rings. The fourth-order valence-corrected chi connectivity index (χ4v) is 1.84. The molecule has 0 spiro atoms. The molecule has 0 aliphatic heterocycles. The summed E-state index contributed by atoms with van der Waals surface area (Å²) in [5, 5.41) is 0. The molecule has 0 fully saturated rings. The third-order valence-corrected chi connectivity index (χ3v) is 2.88. The standard InChI is InChI=1S/C15H26N2O2/c1-13(2)19-12-11-17(10-4-9-16)14-5-7-15(18-3)8-6-14/h5-8,13H,4,9-12,16H2,1-3H3. The molecule has 0 aliphatic carbocycles. The van der Waals surface area contributed by atoms with Gasteiger partial charge in [0.2, 0.25) is 0 Å². The van der Waals surface area contributed by atoms with Crippen LogP contribution in [0.3, 0.4) is 0 Å². The number of benzene rings is 1. The lowest BCUT2D eigenvalue weighted by atomic mass is 10.2. The predicted octanol–water partition coefficient (Wildman–Crippen LogP) is 2.28. The van der Waals surface area contributed by atoms with E-state index < -0.39 is 0 Å². The van der Waals surface area contributed by atoms with Crippen molar-refractivity contribution in [2.45, 2.75) is 26.4 Å². The summed E-state index contributed by atoms with van der Waals surface area (Å²) in [5.74, 6) is 0.876. The van der Waals surface area contributed by atoms with Crippen molar-refractivity contribution in [3.8, 4) is 5.75 Å². The van der Waals surface area contributed by atoms with Crippen LogP contribution in [0.25, 0.3) is 0 Å². The third kappa shape index (κ3) is 5.94. The highest BCUT2D eigenvalue weighted by atomic mass is 16.5. The van der Waals surface area contributed by atoms with Crippen LogP contribution < -0.4 is 15.4 Å². The molecule has 0 saturated carbocycles. The van der Waals surface area contributed by atoms with E-state index in [0.717, 1.165) is 31.9 Å². The molecule has 0 bridgehead atoms. The van der Waals surface area contributed by atoms with Gasteiger partial charge in [-0.25, -0.2) is 0 Å². The smallest absolute Gasteiger partial charge is 0.119 e. The molecule has 0 aromatic heterocycles. The Morgan fingerprint density at radius 3 is 2.37 bits per heavy atom. The van der Waals surface area contributed by atoms with Crippen LogP contribution in [-0.2, 0) is 4.74 Å². The molecule has 4 heteroatoms. The lowest BCUT2D eigenvalue weighted by Crippen LogP contribution is -2.30. The molecule has 0 radical (unpaired) electrons. The van der Waals surface area contributed by atoms with Crippen LogP contribution in [0.4, 0.5) is 5.69 Å². The molecular formula is C15H26N2O2. The van der Waals surface area contributed by atoms with Gasteiger partial charge in [-0.15, -0.1) is 0 Å². The summed E-state index contributed by atoms with van der Waals surface area (Å²) in [6.07, 6.45) is 1.25. The molecule has 0 saturated heterocycles.